The molecular weight excluding hydrogens is 308 g/mol. The van der Waals surface area contributed by atoms with Crippen LogP contribution in [0.15, 0.2) is 33.1 Å². The Morgan fingerprint density at radius 2 is 2.08 bits per heavy atom. The van der Waals surface area contributed by atoms with Gasteiger partial charge in [0, 0.05) is 5.92 Å². The van der Waals surface area contributed by atoms with Crippen LogP contribution in [0.4, 0.5) is 0 Å². The third kappa shape index (κ3) is 3.62. The van der Waals surface area contributed by atoms with Gasteiger partial charge in [-0.05, 0) is 44.9 Å². The Bertz CT molecular complexity index is 567. The van der Waals surface area contributed by atoms with Crippen LogP contribution in [0.5, 0.6) is 0 Å². The topological polar surface area (TPSA) is 85.2 Å². The molecule has 0 heterocycles. The van der Waals surface area contributed by atoms with E-state index in [2.05, 4.69) is 23.4 Å². The summed E-state index contributed by atoms with van der Waals surface area (Å²) in [6.45, 7) is 4.05. The molecule has 0 radical (unpaired) electrons. The van der Waals surface area contributed by atoms with E-state index in [1.54, 1.807) is 0 Å². The van der Waals surface area contributed by atoms with Gasteiger partial charge in [-0.2, -0.15) is 9.81 Å². The lowest BCUT2D eigenvalue weighted by molar-refractivity contribution is -0.136. The predicted molar refractivity (Wildman–Crippen MR) is 92.3 cm³/mol. The quantitative estimate of drug-likeness (QED) is 0.412. The summed E-state index contributed by atoms with van der Waals surface area (Å²) in [5.74, 6) is -0.814. The molecule has 0 spiro atoms. The summed E-state index contributed by atoms with van der Waals surface area (Å²) in [6.07, 6.45) is 6.95. The molecule has 132 valence electrons. The summed E-state index contributed by atoms with van der Waals surface area (Å²) in [5.41, 5.74) is 2.41. The van der Waals surface area contributed by atoms with Crippen molar-refractivity contribution >= 4 is 5.97 Å². The molecule has 0 aliphatic heterocycles. The van der Waals surface area contributed by atoms with Gasteiger partial charge in [0.25, 0.3) is 0 Å². The second-order valence-electron chi connectivity index (χ2n) is 6.83. The van der Waals surface area contributed by atoms with Gasteiger partial charge in [-0.25, -0.2) is 4.79 Å². The Balaban J connectivity index is 2.49. The fraction of sp³-hybridized carbons (Fsp3) is 0.722. The molecule has 6 heteroatoms. The van der Waals surface area contributed by atoms with Gasteiger partial charge in [0.1, 0.15) is 12.1 Å². The third-order valence-corrected chi connectivity index (χ3v) is 5.25. The zero-order valence-corrected chi connectivity index (χ0v) is 14.7. The van der Waals surface area contributed by atoms with E-state index in [0.29, 0.717) is 18.4 Å². The largest absolute Gasteiger partial charge is 0.466 e. The van der Waals surface area contributed by atoms with Crippen molar-refractivity contribution in [3.63, 3.8) is 0 Å². The van der Waals surface area contributed by atoms with Crippen LogP contribution in [0.1, 0.15) is 52.4 Å². The number of methoxy groups -OCH3 is 1. The lowest BCUT2D eigenvalue weighted by Gasteiger charge is -2.38. The van der Waals surface area contributed by atoms with E-state index in [1.807, 2.05) is 6.92 Å². The molecule has 0 saturated heterocycles. The first-order valence-corrected chi connectivity index (χ1v) is 8.69. The minimum atomic E-state index is -0.859. The number of allylic oxidation sites excluding steroid dienone is 2. The molecule has 4 atom stereocenters. The molecule has 0 fully saturated rings. The number of esters is 1. The van der Waals surface area contributed by atoms with Crippen LogP contribution in [-0.4, -0.2) is 25.2 Å². The van der Waals surface area contributed by atoms with E-state index in [0.717, 1.165) is 31.3 Å². The van der Waals surface area contributed by atoms with Crippen LogP contribution >= 0.6 is 0 Å². The van der Waals surface area contributed by atoms with Gasteiger partial charge in [-0.15, -0.1) is 0 Å². The van der Waals surface area contributed by atoms with E-state index in [1.165, 1.54) is 12.7 Å². The van der Waals surface area contributed by atoms with E-state index < -0.39 is 18.1 Å². The monoisotopic (exact) mass is 334 g/mol. The summed E-state index contributed by atoms with van der Waals surface area (Å²) >= 11 is 0. The lowest BCUT2D eigenvalue weighted by atomic mass is 9.67. The second-order valence-corrected chi connectivity index (χ2v) is 6.83. The van der Waals surface area contributed by atoms with Gasteiger partial charge in [-0.3, -0.25) is 0 Å². The van der Waals surface area contributed by atoms with Gasteiger partial charge in [-0.1, -0.05) is 40.9 Å². The van der Waals surface area contributed by atoms with Crippen molar-refractivity contribution in [1.29, 1.82) is 0 Å². The number of carbonyl (C=O) groups is 1. The van der Waals surface area contributed by atoms with Crippen LogP contribution in [0, 0.1) is 21.6 Å². The Morgan fingerprint density at radius 3 is 2.62 bits per heavy atom. The highest BCUT2D eigenvalue weighted by molar-refractivity contribution is 5.91. The van der Waals surface area contributed by atoms with E-state index >= 15 is 0 Å². The molecule has 6 nitrogen and oxygen atoms in total. The van der Waals surface area contributed by atoms with Gasteiger partial charge in [0.15, 0.2) is 0 Å². The number of nitroso groups, excluding NO2 is 2. The van der Waals surface area contributed by atoms with Crippen molar-refractivity contribution in [2.24, 2.45) is 22.2 Å². The highest BCUT2D eigenvalue weighted by Crippen LogP contribution is 2.43. The molecule has 0 saturated carbocycles. The first kappa shape index (κ1) is 18.5. The minimum absolute atomic E-state index is 0.0481. The average molecular weight is 334 g/mol. The fourth-order valence-corrected chi connectivity index (χ4v) is 4.23. The van der Waals surface area contributed by atoms with Crippen molar-refractivity contribution in [3.8, 4) is 0 Å². The third-order valence-electron chi connectivity index (χ3n) is 5.25. The van der Waals surface area contributed by atoms with Gasteiger partial charge < -0.3 is 4.74 Å². The molecule has 2 aliphatic rings. The molecule has 0 amide bonds. The van der Waals surface area contributed by atoms with Gasteiger partial charge in [0.2, 0.25) is 0 Å². The molecule has 0 N–H and O–H groups in total. The SMILES string of the molecule is CCCC1=C(C(=O)OC)C(N=O)C([C@@H]2C=C(C)CCC2)C(N=O)C1. The summed E-state index contributed by atoms with van der Waals surface area (Å²) in [7, 11) is 1.31. The normalized spacial score (nSPS) is 30.5. The van der Waals surface area contributed by atoms with Crippen LogP contribution in [0.3, 0.4) is 0 Å². The summed E-state index contributed by atoms with van der Waals surface area (Å²) in [4.78, 5) is 35.5. The Morgan fingerprint density at radius 1 is 1.33 bits per heavy atom. The van der Waals surface area contributed by atoms with Crippen LogP contribution in [0.25, 0.3) is 0 Å². The van der Waals surface area contributed by atoms with Gasteiger partial charge >= 0.3 is 5.97 Å². The number of nitrogens with zero attached hydrogens (tertiary/aromatic N) is 2. The molecular formula is C18H26N2O4. The van der Waals surface area contributed by atoms with E-state index in [9.17, 15) is 14.6 Å². The van der Waals surface area contributed by atoms with Crippen LogP contribution in [0.2, 0.25) is 0 Å². The fourth-order valence-electron chi connectivity index (χ4n) is 4.23. The average Bonchev–Trinajstić information content (AvgIpc) is 2.60. The number of rotatable bonds is 6. The molecule has 0 aromatic carbocycles. The maximum absolute atomic E-state index is 12.3. The first-order chi connectivity index (χ1) is 11.6. The highest BCUT2D eigenvalue weighted by atomic mass is 16.5. The number of ether oxygens (including phenoxy) is 1. The molecule has 3 unspecified atom stereocenters. The molecule has 0 bridgehead atoms. The number of hydrogen-bond donors (Lipinski definition) is 0. The standard InChI is InChI=1S/C18H26N2O4/c1-4-6-12-10-14(19-22)15(13-8-5-7-11(2)9-13)17(20-23)16(12)18(21)24-3/h9,13-15,17H,4-8,10H2,1-3H3/t13-,14?,15?,17?/m0/s1. The maximum atomic E-state index is 12.3. The molecule has 24 heavy (non-hydrogen) atoms. The van der Waals surface area contributed by atoms with Crippen molar-refractivity contribution < 1.29 is 9.53 Å². The lowest BCUT2D eigenvalue weighted by Crippen LogP contribution is -2.43. The Hall–Kier alpha value is -1.85. The van der Waals surface area contributed by atoms with Crippen LogP contribution in [-0.2, 0) is 9.53 Å². The molecule has 0 aromatic heterocycles. The Labute approximate surface area is 142 Å². The molecule has 0 aromatic rings. The Kier molecular flexibility index (Phi) is 6.40. The van der Waals surface area contributed by atoms with E-state index in [-0.39, 0.29) is 11.8 Å². The van der Waals surface area contributed by atoms with Crippen molar-refractivity contribution in [2.75, 3.05) is 7.11 Å². The highest BCUT2D eigenvalue weighted by Gasteiger charge is 2.46. The summed E-state index contributed by atoms with van der Waals surface area (Å²) in [5, 5.41) is 6.59. The van der Waals surface area contributed by atoms with Crippen molar-refractivity contribution in [1.82, 2.24) is 0 Å². The summed E-state index contributed by atoms with van der Waals surface area (Å²) < 4.78 is 4.90. The van der Waals surface area contributed by atoms with E-state index in [4.69, 9.17) is 4.74 Å². The van der Waals surface area contributed by atoms with Crippen LogP contribution < -0.4 is 0 Å². The second kappa shape index (κ2) is 8.31. The first-order valence-electron chi connectivity index (χ1n) is 8.69. The molecule has 2 rings (SSSR count). The zero-order chi connectivity index (χ0) is 17.7. The molecule has 2 aliphatic carbocycles. The minimum Gasteiger partial charge on any atom is -0.466 e. The maximum Gasteiger partial charge on any atom is 0.336 e. The summed E-state index contributed by atoms with van der Waals surface area (Å²) in [6, 6.07) is -1.38. The van der Waals surface area contributed by atoms with Crippen molar-refractivity contribution in [3.05, 3.63) is 32.6 Å². The predicted octanol–water partition coefficient (Wildman–Crippen LogP) is 4.29. The van der Waals surface area contributed by atoms with Crippen molar-refractivity contribution in [2.45, 2.75) is 64.5 Å². The smallest absolute Gasteiger partial charge is 0.336 e. The number of hydrogen-bond acceptors (Lipinski definition) is 6. The van der Waals surface area contributed by atoms with Gasteiger partial charge in [0.05, 0.1) is 12.7 Å². The number of carbonyl (C=O) groups excluding carboxylic acids is 1. The zero-order valence-electron chi connectivity index (χ0n) is 14.7.